The Morgan fingerprint density at radius 2 is 1.89 bits per heavy atom. The standard InChI is InChI=1S/C19H27N7O/c1-19(11-14-5-3-4-6-15(14)12-19)13-26-18(22-23-24-26)25-9-7-16(8-10-25)21-17(27)20-2/h3-6,16H,7-13H2,1-2H3,(H2,20,21,27). The first-order chi connectivity index (χ1) is 13.1. The Kier molecular flexibility index (Phi) is 4.72. The maximum Gasteiger partial charge on any atom is 0.314 e. The predicted octanol–water partition coefficient (Wildman–Crippen LogP) is 1.38. The number of hydrogen-bond acceptors (Lipinski definition) is 5. The molecule has 2 aliphatic rings. The molecule has 1 aliphatic heterocycles. The molecule has 1 aliphatic carbocycles. The van der Waals surface area contributed by atoms with Gasteiger partial charge in [0.1, 0.15) is 0 Å². The zero-order chi connectivity index (χ0) is 18.9. The lowest BCUT2D eigenvalue weighted by Gasteiger charge is -2.33. The highest BCUT2D eigenvalue weighted by Gasteiger charge is 2.35. The van der Waals surface area contributed by atoms with Crippen LogP contribution in [0.2, 0.25) is 0 Å². The van der Waals surface area contributed by atoms with Crippen LogP contribution in [0.5, 0.6) is 0 Å². The fourth-order valence-electron chi connectivity index (χ4n) is 4.37. The minimum absolute atomic E-state index is 0.119. The maximum absolute atomic E-state index is 11.5. The molecule has 0 saturated carbocycles. The number of tetrazole rings is 1. The second-order valence-corrected chi connectivity index (χ2v) is 8.05. The lowest BCUT2D eigenvalue weighted by Crippen LogP contribution is -2.47. The van der Waals surface area contributed by atoms with Gasteiger partial charge < -0.3 is 15.5 Å². The SMILES string of the molecule is CNC(=O)NC1CCN(c2nnnn2CC2(C)Cc3ccccc3C2)CC1. The molecule has 8 nitrogen and oxygen atoms in total. The first-order valence-corrected chi connectivity index (χ1v) is 9.62. The van der Waals surface area contributed by atoms with Gasteiger partial charge >= 0.3 is 6.03 Å². The number of carbonyl (C=O) groups excluding carboxylic acids is 1. The molecule has 0 atom stereocenters. The highest BCUT2D eigenvalue weighted by molar-refractivity contribution is 5.73. The number of nitrogens with one attached hydrogen (secondary N) is 2. The van der Waals surface area contributed by atoms with E-state index in [-0.39, 0.29) is 17.5 Å². The second kappa shape index (κ2) is 7.17. The van der Waals surface area contributed by atoms with Crippen molar-refractivity contribution in [2.45, 2.75) is 45.2 Å². The number of benzene rings is 1. The van der Waals surface area contributed by atoms with E-state index in [0.29, 0.717) is 0 Å². The number of carbonyl (C=O) groups is 1. The number of anilines is 1. The third-order valence-corrected chi connectivity index (χ3v) is 5.74. The van der Waals surface area contributed by atoms with Gasteiger partial charge in [0.25, 0.3) is 0 Å². The van der Waals surface area contributed by atoms with Gasteiger partial charge in [-0.05, 0) is 52.7 Å². The van der Waals surface area contributed by atoms with Crippen molar-refractivity contribution in [3.8, 4) is 0 Å². The molecular formula is C19H27N7O. The van der Waals surface area contributed by atoms with Gasteiger partial charge in [-0.1, -0.05) is 36.3 Å². The number of nitrogens with zero attached hydrogens (tertiary/aromatic N) is 5. The van der Waals surface area contributed by atoms with E-state index in [1.54, 1.807) is 7.05 Å². The minimum Gasteiger partial charge on any atom is -0.341 e. The van der Waals surface area contributed by atoms with E-state index in [0.717, 1.165) is 51.3 Å². The number of piperidine rings is 1. The van der Waals surface area contributed by atoms with Crippen molar-refractivity contribution >= 4 is 12.0 Å². The normalized spacial score (nSPS) is 19.0. The molecule has 0 bridgehead atoms. The Bertz CT molecular complexity index is 785. The van der Waals surface area contributed by atoms with Crippen molar-refractivity contribution in [3.05, 3.63) is 35.4 Å². The monoisotopic (exact) mass is 369 g/mol. The van der Waals surface area contributed by atoms with Crippen molar-refractivity contribution in [2.75, 3.05) is 25.0 Å². The van der Waals surface area contributed by atoms with Crippen LogP contribution in [0.4, 0.5) is 10.7 Å². The van der Waals surface area contributed by atoms with Crippen LogP contribution in [0.1, 0.15) is 30.9 Å². The summed E-state index contributed by atoms with van der Waals surface area (Å²) in [6.07, 6.45) is 3.90. The van der Waals surface area contributed by atoms with Crippen LogP contribution in [0, 0.1) is 5.41 Å². The van der Waals surface area contributed by atoms with Gasteiger partial charge in [0, 0.05) is 26.2 Å². The largest absolute Gasteiger partial charge is 0.341 e. The van der Waals surface area contributed by atoms with Gasteiger partial charge in [-0.2, -0.15) is 0 Å². The molecule has 1 saturated heterocycles. The summed E-state index contributed by atoms with van der Waals surface area (Å²) in [6, 6.07) is 8.77. The molecule has 2 heterocycles. The van der Waals surface area contributed by atoms with E-state index in [9.17, 15) is 4.79 Å². The summed E-state index contributed by atoms with van der Waals surface area (Å²) in [5.74, 6) is 0.838. The van der Waals surface area contributed by atoms with Crippen molar-refractivity contribution < 1.29 is 4.79 Å². The van der Waals surface area contributed by atoms with E-state index in [2.05, 4.69) is 62.2 Å². The highest BCUT2D eigenvalue weighted by atomic mass is 16.2. The molecule has 2 aromatic rings. The van der Waals surface area contributed by atoms with Gasteiger partial charge in [0.05, 0.1) is 6.54 Å². The van der Waals surface area contributed by atoms with Crippen molar-refractivity contribution in [1.82, 2.24) is 30.8 Å². The number of amides is 2. The first-order valence-electron chi connectivity index (χ1n) is 9.62. The van der Waals surface area contributed by atoms with Crippen LogP contribution < -0.4 is 15.5 Å². The molecule has 2 N–H and O–H groups in total. The smallest absolute Gasteiger partial charge is 0.314 e. The molecule has 0 unspecified atom stereocenters. The number of urea groups is 1. The molecule has 2 amide bonds. The molecule has 8 heteroatoms. The predicted molar refractivity (Wildman–Crippen MR) is 103 cm³/mol. The average molecular weight is 369 g/mol. The number of aromatic nitrogens is 4. The van der Waals surface area contributed by atoms with E-state index < -0.39 is 0 Å². The second-order valence-electron chi connectivity index (χ2n) is 8.05. The molecule has 4 rings (SSSR count). The number of fused-ring (bicyclic) bond motifs is 1. The van der Waals surface area contributed by atoms with Crippen LogP contribution in [-0.2, 0) is 19.4 Å². The van der Waals surface area contributed by atoms with Gasteiger partial charge in [-0.3, -0.25) is 0 Å². The molecule has 0 radical (unpaired) electrons. The van der Waals surface area contributed by atoms with Gasteiger partial charge in [0.15, 0.2) is 0 Å². The Balaban J connectivity index is 1.40. The van der Waals surface area contributed by atoms with E-state index in [1.807, 2.05) is 4.68 Å². The lowest BCUT2D eigenvalue weighted by molar-refractivity contribution is 0.236. The van der Waals surface area contributed by atoms with E-state index in [1.165, 1.54) is 11.1 Å². The quantitative estimate of drug-likeness (QED) is 0.850. The summed E-state index contributed by atoms with van der Waals surface area (Å²) < 4.78 is 1.96. The summed E-state index contributed by atoms with van der Waals surface area (Å²) in [5.41, 5.74) is 3.01. The van der Waals surface area contributed by atoms with Gasteiger partial charge in [-0.25, -0.2) is 9.48 Å². The molecule has 1 aromatic carbocycles. The number of hydrogen-bond donors (Lipinski definition) is 2. The average Bonchev–Trinajstić information content (AvgIpc) is 3.25. The van der Waals surface area contributed by atoms with Crippen molar-refractivity contribution in [1.29, 1.82) is 0 Å². The van der Waals surface area contributed by atoms with Crippen molar-refractivity contribution in [3.63, 3.8) is 0 Å². The van der Waals surface area contributed by atoms with Crippen LogP contribution >= 0.6 is 0 Å². The van der Waals surface area contributed by atoms with E-state index >= 15 is 0 Å². The van der Waals surface area contributed by atoms with Gasteiger partial charge in [-0.15, -0.1) is 0 Å². The maximum atomic E-state index is 11.5. The molecule has 27 heavy (non-hydrogen) atoms. The lowest BCUT2D eigenvalue weighted by atomic mass is 9.87. The number of rotatable bonds is 4. The highest BCUT2D eigenvalue weighted by Crippen LogP contribution is 2.38. The molecule has 144 valence electrons. The Labute approximate surface area is 159 Å². The third-order valence-electron chi connectivity index (χ3n) is 5.74. The first kappa shape index (κ1) is 17.8. The molecule has 1 aromatic heterocycles. The topological polar surface area (TPSA) is 88.0 Å². The summed E-state index contributed by atoms with van der Waals surface area (Å²) in [7, 11) is 1.64. The summed E-state index contributed by atoms with van der Waals surface area (Å²) >= 11 is 0. The zero-order valence-corrected chi connectivity index (χ0v) is 16.0. The van der Waals surface area contributed by atoms with Gasteiger partial charge in [0.2, 0.25) is 5.95 Å². The fraction of sp³-hybridized carbons (Fsp3) is 0.579. The Morgan fingerprint density at radius 3 is 2.52 bits per heavy atom. The van der Waals surface area contributed by atoms with Crippen LogP contribution in [0.15, 0.2) is 24.3 Å². The van der Waals surface area contributed by atoms with E-state index in [4.69, 9.17) is 0 Å². The van der Waals surface area contributed by atoms with Crippen molar-refractivity contribution in [2.24, 2.45) is 5.41 Å². The van der Waals surface area contributed by atoms with Crippen LogP contribution in [-0.4, -0.2) is 52.4 Å². The summed E-state index contributed by atoms with van der Waals surface area (Å²) in [5, 5.41) is 18.1. The molecular weight excluding hydrogens is 342 g/mol. The molecule has 1 fully saturated rings. The Hall–Kier alpha value is -2.64. The molecule has 0 spiro atoms. The summed E-state index contributed by atoms with van der Waals surface area (Å²) in [4.78, 5) is 13.7. The van der Waals surface area contributed by atoms with Crippen LogP contribution in [0.3, 0.4) is 0 Å². The fourth-order valence-corrected chi connectivity index (χ4v) is 4.37. The minimum atomic E-state index is -0.119. The van der Waals surface area contributed by atoms with Crippen LogP contribution in [0.25, 0.3) is 0 Å². The Morgan fingerprint density at radius 1 is 1.22 bits per heavy atom. The zero-order valence-electron chi connectivity index (χ0n) is 16.0. The third kappa shape index (κ3) is 3.74. The summed E-state index contributed by atoms with van der Waals surface area (Å²) in [6.45, 7) is 4.80.